The van der Waals surface area contributed by atoms with Crippen LogP contribution in [0.2, 0.25) is 0 Å². The summed E-state index contributed by atoms with van der Waals surface area (Å²) in [4.78, 5) is 11.4. The van der Waals surface area contributed by atoms with Gasteiger partial charge in [0, 0.05) is 6.08 Å². The molecule has 0 aliphatic rings. The lowest BCUT2D eigenvalue weighted by molar-refractivity contribution is -0.116. The smallest absolute Gasteiger partial charge is 0.262 e. The molecule has 0 aliphatic heterocycles. The highest BCUT2D eigenvalue weighted by Gasteiger charge is 1.99. The van der Waals surface area contributed by atoms with Crippen LogP contribution in [0, 0.1) is 0 Å². The lowest BCUT2D eigenvalue weighted by Gasteiger charge is -2.09. The fourth-order valence-corrected chi connectivity index (χ4v) is 1.38. The van der Waals surface area contributed by atoms with Gasteiger partial charge in [0.15, 0.2) is 0 Å². The van der Waals surface area contributed by atoms with E-state index in [1.54, 1.807) is 6.08 Å². The second-order valence-electron chi connectivity index (χ2n) is 4.61. The van der Waals surface area contributed by atoms with Gasteiger partial charge < -0.3 is 0 Å². The maximum atomic E-state index is 11.4. The van der Waals surface area contributed by atoms with Gasteiger partial charge in [-0.1, -0.05) is 31.6 Å². The first-order valence-electron chi connectivity index (χ1n) is 5.80. The topological polar surface area (TPSA) is 41.1 Å². The summed E-state index contributed by atoms with van der Waals surface area (Å²) in [6.45, 7) is 8.08. The van der Waals surface area contributed by atoms with Crippen molar-refractivity contribution >= 4 is 11.6 Å². The summed E-state index contributed by atoms with van der Waals surface area (Å²) in [6.07, 6.45) is 1.55. The molecule has 0 heterocycles. The van der Waals surface area contributed by atoms with Crippen LogP contribution < -0.4 is 10.9 Å². The van der Waals surface area contributed by atoms with Crippen LogP contribution in [-0.2, 0) is 4.79 Å². The van der Waals surface area contributed by atoms with Crippen LogP contribution >= 0.6 is 0 Å². The second-order valence-corrected chi connectivity index (χ2v) is 4.61. The molecule has 0 unspecified atom stereocenters. The van der Waals surface area contributed by atoms with E-state index in [1.165, 1.54) is 5.56 Å². The monoisotopic (exact) mass is 232 g/mol. The molecule has 0 aliphatic carbocycles. The molecule has 0 spiro atoms. The van der Waals surface area contributed by atoms with Crippen LogP contribution in [0.15, 0.2) is 35.9 Å². The fourth-order valence-electron chi connectivity index (χ4n) is 1.38. The molecule has 3 heteroatoms. The Bertz CT molecular complexity index is 401. The Morgan fingerprint density at radius 2 is 1.76 bits per heavy atom. The van der Waals surface area contributed by atoms with Crippen molar-refractivity contribution in [3.8, 4) is 0 Å². The van der Waals surface area contributed by atoms with Crippen molar-refractivity contribution in [1.82, 2.24) is 5.43 Å². The Balaban J connectivity index is 2.53. The fraction of sp³-hybridized carbons (Fsp3) is 0.357. The van der Waals surface area contributed by atoms with Gasteiger partial charge >= 0.3 is 0 Å². The number of anilines is 1. The van der Waals surface area contributed by atoms with Gasteiger partial charge in [-0.15, -0.1) is 0 Å². The Morgan fingerprint density at radius 3 is 2.24 bits per heavy atom. The zero-order chi connectivity index (χ0) is 12.8. The van der Waals surface area contributed by atoms with Gasteiger partial charge in [0.25, 0.3) is 5.91 Å². The number of rotatable bonds is 4. The van der Waals surface area contributed by atoms with Crippen molar-refractivity contribution in [2.24, 2.45) is 0 Å². The number of carbonyl (C=O) groups excluding carboxylic acids is 1. The van der Waals surface area contributed by atoms with Gasteiger partial charge in [-0.05, 0) is 37.5 Å². The Labute approximate surface area is 103 Å². The maximum absolute atomic E-state index is 11.4. The van der Waals surface area contributed by atoms with Crippen molar-refractivity contribution in [2.75, 3.05) is 5.43 Å². The van der Waals surface area contributed by atoms with E-state index in [0.29, 0.717) is 5.92 Å². The molecular formula is C14H20N2O. The standard InChI is InChI=1S/C14H20N2O/c1-10(2)9-14(17)16-15-13-7-5-12(6-8-13)11(3)4/h5-9,11,15H,1-4H3,(H,16,17). The third kappa shape index (κ3) is 4.72. The van der Waals surface area contributed by atoms with Crippen LogP contribution in [0.3, 0.4) is 0 Å². The van der Waals surface area contributed by atoms with Gasteiger partial charge in [-0.25, -0.2) is 0 Å². The number of hydrazine groups is 1. The number of hydrogen-bond donors (Lipinski definition) is 2. The summed E-state index contributed by atoms with van der Waals surface area (Å²) in [5.74, 6) is 0.377. The lowest BCUT2D eigenvalue weighted by atomic mass is 10.0. The van der Waals surface area contributed by atoms with Crippen LogP contribution in [-0.4, -0.2) is 5.91 Å². The van der Waals surface area contributed by atoms with Crippen molar-refractivity contribution in [3.63, 3.8) is 0 Å². The minimum absolute atomic E-state index is 0.141. The first-order chi connectivity index (χ1) is 7.99. The molecule has 3 nitrogen and oxygen atoms in total. The number of allylic oxidation sites excluding steroid dienone is 1. The molecule has 1 rings (SSSR count). The van der Waals surface area contributed by atoms with E-state index < -0.39 is 0 Å². The quantitative estimate of drug-likeness (QED) is 0.618. The molecule has 1 aromatic carbocycles. The molecule has 0 fully saturated rings. The highest BCUT2D eigenvalue weighted by atomic mass is 16.2. The average Bonchev–Trinajstić information content (AvgIpc) is 2.26. The average molecular weight is 232 g/mol. The predicted octanol–water partition coefficient (Wildman–Crippen LogP) is 3.22. The molecule has 17 heavy (non-hydrogen) atoms. The molecule has 92 valence electrons. The van der Waals surface area contributed by atoms with E-state index in [4.69, 9.17) is 0 Å². The van der Waals surface area contributed by atoms with E-state index in [9.17, 15) is 4.79 Å². The molecule has 0 bridgehead atoms. The van der Waals surface area contributed by atoms with E-state index in [-0.39, 0.29) is 5.91 Å². The summed E-state index contributed by atoms with van der Waals surface area (Å²) < 4.78 is 0. The second kappa shape index (κ2) is 6.09. The summed E-state index contributed by atoms with van der Waals surface area (Å²) in [5.41, 5.74) is 8.62. The molecular weight excluding hydrogens is 212 g/mol. The van der Waals surface area contributed by atoms with Gasteiger partial charge in [0.1, 0.15) is 0 Å². The number of nitrogens with one attached hydrogen (secondary N) is 2. The third-order valence-corrected chi connectivity index (χ3v) is 2.33. The van der Waals surface area contributed by atoms with Gasteiger partial charge in [0.2, 0.25) is 0 Å². The third-order valence-electron chi connectivity index (χ3n) is 2.33. The Morgan fingerprint density at radius 1 is 1.18 bits per heavy atom. The SMILES string of the molecule is CC(C)=CC(=O)NNc1ccc(C(C)C)cc1. The summed E-state index contributed by atoms with van der Waals surface area (Å²) in [5, 5.41) is 0. The molecule has 0 saturated heterocycles. The van der Waals surface area contributed by atoms with Crippen molar-refractivity contribution in [1.29, 1.82) is 0 Å². The molecule has 0 radical (unpaired) electrons. The minimum Gasteiger partial charge on any atom is -0.298 e. The predicted molar refractivity (Wildman–Crippen MR) is 71.7 cm³/mol. The summed E-state index contributed by atoms with van der Waals surface area (Å²) in [7, 11) is 0. The minimum atomic E-state index is -0.141. The Hall–Kier alpha value is -1.77. The summed E-state index contributed by atoms with van der Waals surface area (Å²) in [6, 6.07) is 8.02. The molecule has 0 atom stereocenters. The highest BCUT2D eigenvalue weighted by molar-refractivity contribution is 5.88. The lowest BCUT2D eigenvalue weighted by Crippen LogP contribution is -2.27. The van der Waals surface area contributed by atoms with E-state index in [0.717, 1.165) is 11.3 Å². The maximum Gasteiger partial charge on any atom is 0.262 e. The van der Waals surface area contributed by atoms with E-state index in [1.807, 2.05) is 26.0 Å². The molecule has 1 aromatic rings. The van der Waals surface area contributed by atoms with Gasteiger partial charge in [-0.2, -0.15) is 0 Å². The molecule has 0 saturated carbocycles. The van der Waals surface area contributed by atoms with Gasteiger partial charge in [0.05, 0.1) is 5.69 Å². The van der Waals surface area contributed by atoms with Crippen molar-refractivity contribution < 1.29 is 4.79 Å². The van der Waals surface area contributed by atoms with Crippen LogP contribution in [0.1, 0.15) is 39.2 Å². The normalized spacial score (nSPS) is 9.94. The molecule has 0 aromatic heterocycles. The first kappa shape index (κ1) is 13.3. The summed E-state index contributed by atoms with van der Waals surface area (Å²) >= 11 is 0. The zero-order valence-corrected chi connectivity index (χ0v) is 10.9. The largest absolute Gasteiger partial charge is 0.298 e. The molecule has 1 amide bonds. The number of benzene rings is 1. The number of carbonyl (C=O) groups is 1. The first-order valence-corrected chi connectivity index (χ1v) is 5.80. The highest BCUT2D eigenvalue weighted by Crippen LogP contribution is 2.16. The number of amides is 1. The Kier molecular flexibility index (Phi) is 4.76. The van der Waals surface area contributed by atoms with Crippen LogP contribution in [0.4, 0.5) is 5.69 Å². The van der Waals surface area contributed by atoms with Crippen molar-refractivity contribution in [2.45, 2.75) is 33.6 Å². The van der Waals surface area contributed by atoms with E-state index in [2.05, 4.69) is 36.8 Å². The van der Waals surface area contributed by atoms with Crippen molar-refractivity contribution in [3.05, 3.63) is 41.5 Å². The van der Waals surface area contributed by atoms with Crippen LogP contribution in [0.25, 0.3) is 0 Å². The van der Waals surface area contributed by atoms with Crippen LogP contribution in [0.5, 0.6) is 0 Å². The van der Waals surface area contributed by atoms with Gasteiger partial charge in [-0.3, -0.25) is 15.6 Å². The number of hydrogen-bond acceptors (Lipinski definition) is 2. The van der Waals surface area contributed by atoms with E-state index >= 15 is 0 Å². The zero-order valence-electron chi connectivity index (χ0n) is 10.9. The molecule has 2 N–H and O–H groups in total.